The van der Waals surface area contributed by atoms with E-state index in [4.69, 9.17) is 27.9 Å². The fourth-order valence-corrected chi connectivity index (χ4v) is 3.40. The van der Waals surface area contributed by atoms with Crippen molar-refractivity contribution in [2.45, 2.75) is 31.7 Å². The van der Waals surface area contributed by atoms with Crippen molar-refractivity contribution in [1.29, 1.82) is 0 Å². The van der Waals surface area contributed by atoms with Gasteiger partial charge in [0.25, 0.3) is 5.91 Å². The number of aromatic nitrogens is 2. The number of nitrogens with one attached hydrogen (secondary N) is 2. The van der Waals surface area contributed by atoms with E-state index in [2.05, 4.69) is 15.5 Å². The first-order chi connectivity index (χ1) is 12.8. The standard InChI is InChI=1S/C18H20Cl2N4O3/c1-10(25)24(2)13-5-11(6-13)15-8-17(23-22-15)21-18(26)9-27-16-4-3-12(19)7-14(16)20/h3-4,7-8,11,13H,5-6,9H2,1-2H3,(H2,21,22,23,26). The third kappa shape index (κ3) is 4.73. The molecule has 1 aliphatic carbocycles. The van der Waals surface area contributed by atoms with Crippen molar-refractivity contribution >= 4 is 40.8 Å². The molecule has 0 bridgehead atoms. The van der Waals surface area contributed by atoms with E-state index < -0.39 is 0 Å². The van der Waals surface area contributed by atoms with Gasteiger partial charge in [0, 0.05) is 42.7 Å². The molecule has 27 heavy (non-hydrogen) atoms. The molecule has 1 aromatic heterocycles. The van der Waals surface area contributed by atoms with Crippen molar-refractivity contribution in [3.63, 3.8) is 0 Å². The summed E-state index contributed by atoms with van der Waals surface area (Å²) in [6.45, 7) is 1.37. The fourth-order valence-electron chi connectivity index (χ4n) is 2.94. The number of aromatic amines is 1. The molecule has 1 aromatic carbocycles. The molecule has 0 radical (unpaired) electrons. The Morgan fingerprint density at radius 3 is 2.74 bits per heavy atom. The quantitative estimate of drug-likeness (QED) is 0.762. The molecular weight excluding hydrogens is 391 g/mol. The van der Waals surface area contributed by atoms with Gasteiger partial charge in [-0.25, -0.2) is 0 Å². The zero-order valence-corrected chi connectivity index (χ0v) is 16.5. The summed E-state index contributed by atoms with van der Waals surface area (Å²) >= 11 is 11.8. The summed E-state index contributed by atoms with van der Waals surface area (Å²) in [5, 5.41) is 10.6. The highest BCUT2D eigenvalue weighted by atomic mass is 35.5. The number of benzene rings is 1. The van der Waals surface area contributed by atoms with Crippen molar-refractivity contribution in [3.8, 4) is 5.75 Å². The van der Waals surface area contributed by atoms with Crippen LogP contribution in [0.15, 0.2) is 24.3 Å². The van der Waals surface area contributed by atoms with Crippen LogP contribution in [0.4, 0.5) is 5.82 Å². The van der Waals surface area contributed by atoms with E-state index in [1.165, 1.54) is 0 Å². The summed E-state index contributed by atoms with van der Waals surface area (Å²) in [7, 11) is 1.81. The number of hydrogen-bond acceptors (Lipinski definition) is 4. The van der Waals surface area contributed by atoms with Gasteiger partial charge in [0.2, 0.25) is 5.91 Å². The number of amides is 2. The molecule has 2 aromatic rings. The van der Waals surface area contributed by atoms with Crippen LogP contribution in [0.3, 0.4) is 0 Å². The number of H-pyrrole nitrogens is 1. The van der Waals surface area contributed by atoms with E-state index in [9.17, 15) is 9.59 Å². The van der Waals surface area contributed by atoms with Gasteiger partial charge < -0.3 is 15.0 Å². The zero-order valence-electron chi connectivity index (χ0n) is 15.0. The summed E-state index contributed by atoms with van der Waals surface area (Å²) in [4.78, 5) is 25.2. The van der Waals surface area contributed by atoms with Crippen LogP contribution in [-0.2, 0) is 9.59 Å². The first-order valence-corrected chi connectivity index (χ1v) is 9.25. The molecule has 9 heteroatoms. The maximum absolute atomic E-state index is 12.0. The van der Waals surface area contributed by atoms with Crippen LogP contribution in [0.5, 0.6) is 5.75 Å². The van der Waals surface area contributed by atoms with Crippen molar-refractivity contribution in [2.24, 2.45) is 0 Å². The van der Waals surface area contributed by atoms with E-state index in [1.807, 2.05) is 13.1 Å². The second-order valence-electron chi connectivity index (χ2n) is 6.57. The SMILES string of the molecule is CC(=O)N(C)C1CC(c2cc(NC(=O)COc3ccc(Cl)cc3Cl)n[nH]2)C1. The monoisotopic (exact) mass is 410 g/mol. The van der Waals surface area contributed by atoms with Gasteiger partial charge in [-0.3, -0.25) is 14.7 Å². The number of carbonyl (C=O) groups excluding carboxylic acids is 2. The molecule has 1 aliphatic rings. The topological polar surface area (TPSA) is 87.3 Å². The number of carbonyl (C=O) groups is 2. The van der Waals surface area contributed by atoms with Crippen LogP contribution < -0.4 is 10.1 Å². The normalized spacial score (nSPS) is 18.5. The third-order valence-electron chi connectivity index (χ3n) is 4.72. The summed E-state index contributed by atoms with van der Waals surface area (Å²) in [6.07, 6.45) is 1.76. The molecule has 0 unspecified atom stereocenters. The van der Waals surface area contributed by atoms with Gasteiger partial charge in [-0.05, 0) is 31.0 Å². The van der Waals surface area contributed by atoms with Crippen LogP contribution >= 0.6 is 23.2 Å². The highest BCUT2D eigenvalue weighted by Crippen LogP contribution is 2.39. The van der Waals surface area contributed by atoms with Gasteiger partial charge in [-0.15, -0.1) is 0 Å². The van der Waals surface area contributed by atoms with Gasteiger partial charge in [-0.1, -0.05) is 23.2 Å². The number of rotatable bonds is 6. The maximum atomic E-state index is 12.0. The van der Waals surface area contributed by atoms with Gasteiger partial charge >= 0.3 is 0 Å². The zero-order chi connectivity index (χ0) is 19.6. The van der Waals surface area contributed by atoms with Crippen molar-refractivity contribution in [3.05, 3.63) is 40.0 Å². The third-order valence-corrected chi connectivity index (χ3v) is 5.25. The molecule has 7 nitrogen and oxygen atoms in total. The highest BCUT2D eigenvalue weighted by molar-refractivity contribution is 6.35. The number of hydrogen-bond donors (Lipinski definition) is 2. The summed E-state index contributed by atoms with van der Waals surface area (Å²) in [5.74, 6) is 0.843. The van der Waals surface area contributed by atoms with E-state index in [-0.39, 0.29) is 24.5 Å². The largest absolute Gasteiger partial charge is 0.482 e. The molecule has 2 amide bonds. The molecule has 3 rings (SSSR count). The number of ether oxygens (including phenoxy) is 1. The molecular formula is C18H20Cl2N4O3. The van der Waals surface area contributed by atoms with Crippen LogP contribution in [0.1, 0.15) is 31.4 Å². The molecule has 2 N–H and O–H groups in total. The van der Waals surface area contributed by atoms with E-state index in [0.29, 0.717) is 27.5 Å². The van der Waals surface area contributed by atoms with E-state index in [1.54, 1.807) is 30.0 Å². The second kappa shape index (κ2) is 8.19. The van der Waals surface area contributed by atoms with Crippen LogP contribution in [0.25, 0.3) is 0 Å². The minimum Gasteiger partial charge on any atom is -0.482 e. The second-order valence-corrected chi connectivity index (χ2v) is 7.42. The smallest absolute Gasteiger partial charge is 0.263 e. The predicted molar refractivity (Wildman–Crippen MR) is 103 cm³/mol. The molecule has 0 saturated heterocycles. The first-order valence-electron chi connectivity index (χ1n) is 8.50. The molecule has 1 saturated carbocycles. The van der Waals surface area contributed by atoms with Gasteiger partial charge in [0.1, 0.15) is 5.75 Å². The van der Waals surface area contributed by atoms with Crippen LogP contribution in [-0.4, -0.2) is 46.6 Å². The molecule has 0 spiro atoms. The van der Waals surface area contributed by atoms with Gasteiger partial charge in [0.05, 0.1) is 5.02 Å². The predicted octanol–water partition coefficient (Wildman–Crippen LogP) is 3.46. The number of halogens is 2. The molecule has 1 fully saturated rings. The average Bonchev–Trinajstić information content (AvgIpc) is 3.00. The lowest BCUT2D eigenvalue weighted by Crippen LogP contribution is -2.43. The minimum absolute atomic E-state index is 0.0665. The molecule has 0 atom stereocenters. The van der Waals surface area contributed by atoms with Crippen molar-refractivity contribution in [1.82, 2.24) is 15.1 Å². The lowest BCUT2D eigenvalue weighted by atomic mass is 9.77. The Hall–Kier alpha value is -2.25. The Labute approximate surface area is 167 Å². The first kappa shape index (κ1) is 19.5. The maximum Gasteiger partial charge on any atom is 0.263 e. The van der Waals surface area contributed by atoms with Crippen LogP contribution in [0, 0.1) is 0 Å². The number of nitrogens with zero attached hydrogens (tertiary/aromatic N) is 2. The van der Waals surface area contributed by atoms with Gasteiger partial charge in [-0.2, -0.15) is 5.10 Å². The number of anilines is 1. The van der Waals surface area contributed by atoms with Crippen molar-refractivity contribution < 1.29 is 14.3 Å². The Kier molecular flexibility index (Phi) is 5.92. The summed E-state index contributed by atoms with van der Waals surface area (Å²) in [5.41, 5.74) is 0.945. The minimum atomic E-state index is -0.345. The average molecular weight is 411 g/mol. The lowest BCUT2D eigenvalue weighted by molar-refractivity contribution is -0.131. The molecule has 1 heterocycles. The fraction of sp³-hybridized carbons (Fsp3) is 0.389. The molecule has 144 valence electrons. The Morgan fingerprint density at radius 1 is 1.33 bits per heavy atom. The lowest BCUT2D eigenvalue weighted by Gasteiger charge is -2.40. The Bertz CT molecular complexity index is 849. The van der Waals surface area contributed by atoms with E-state index in [0.717, 1.165) is 18.5 Å². The van der Waals surface area contributed by atoms with Crippen molar-refractivity contribution in [2.75, 3.05) is 19.0 Å². The Morgan fingerprint density at radius 2 is 2.07 bits per heavy atom. The van der Waals surface area contributed by atoms with E-state index >= 15 is 0 Å². The summed E-state index contributed by atoms with van der Waals surface area (Å²) in [6, 6.07) is 6.85. The summed E-state index contributed by atoms with van der Waals surface area (Å²) < 4.78 is 5.40. The highest BCUT2D eigenvalue weighted by Gasteiger charge is 2.35. The Balaban J connectivity index is 1.48. The van der Waals surface area contributed by atoms with Crippen LogP contribution in [0.2, 0.25) is 10.0 Å². The van der Waals surface area contributed by atoms with Gasteiger partial charge in [0.15, 0.2) is 12.4 Å². The molecule has 0 aliphatic heterocycles.